The molecular weight excluding hydrogens is 199 g/mol. The molecular formula is C14H14P+. The first kappa shape index (κ1) is 10.1. The van der Waals surface area contributed by atoms with Gasteiger partial charge in [-0.3, -0.25) is 0 Å². The van der Waals surface area contributed by atoms with Gasteiger partial charge in [0.05, 0.1) is 13.7 Å². The largest absolute Gasteiger partial charge is 0.101 e. The highest BCUT2D eigenvalue weighted by Crippen LogP contribution is 2.33. The van der Waals surface area contributed by atoms with Gasteiger partial charge < -0.3 is 0 Å². The summed E-state index contributed by atoms with van der Waals surface area (Å²) in [4.78, 5) is 0. The van der Waals surface area contributed by atoms with E-state index in [2.05, 4.69) is 73.1 Å². The lowest BCUT2D eigenvalue weighted by Crippen LogP contribution is -2.08. The molecule has 0 aliphatic heterocycles. The molecule has 0 spiro atoms. The maximum atomic E-state index is 3.96. The van der Waals surface area contributed by atoms with Crippen molar-refractivity contribution < 1.29 is 0 Å². The van der Waals surface area contributed by atoms with Crippen molar-refractivity contribution in [3.05, 3.63) is 73.1 Å². The van der Waals surface area contributed by atoms with Crippen molar-refractivity contribution in [1.82, 2.24) is 0 Å². The molecule has 0 radical (unpaired) electrons. The van der Waals surface area contributed by atoms with Crippen LogP contribution in [0.3, 0.4) is 0 Å². The lowest BCUT2D eigenvalue weighted by atomic mass is 10.4. The zero-order chi connectivity index (χ0) is 10.5. The van der Waals surface area contributed by atoms with E-state index >= 15 is 0 Å². The average Bonchev–Trinajstić information content (AvgIpc) is 2.33. The predicted molar refractivity (Wildman–Crippen MR) is 70.7 cm³/mol. The summed E-state index contributed by atoms with van der Waals surface area (Å²) in [5.41, 5.74) is 0. The normalized spacial score (nSPS) is 10.2. The van der Waals surface area contributed by atoms with Gasteiger partial charge in [0.1, 0.15) is 10.6 Å². The maximum Gasteiger partial charge on any atom is 0.101 e. The van der Waals surface area contributed by atoms with E-state index in [-0.39, 0.29) is 0 Å². The maximum absolute atomic E-state index is 3.96. The molecule has 0 saturated carbocycles. The van der Waals surface area contributed by atoms with Crippen LogP contribution in [0, 0.1) is 0 Å². The Hall–Kier alpha value is -1.39. The second-order valence-electron chi connectivity index (χ2n) is 3.35. The quantitative estimate of drug-likeness (QED) is 0.687. The van der Waals surface area contributed by atoms with Gasteiger partial charge in [-0.1, -0.05) is 43.0 Å². The zero-order valence-electron chi connectivity index (χ0n) is 8.56. The van der Waals surface area contributed by atoms with Gasteiger partial charge in [0, 0.05) is 0 Å². The molecule has 2 rings (SSSR count). The smallest absolute Gasteiger partial charge is 0.0633 e. The molecule has 0 heterocycles. The van der Waals surface area contributed by atoms with Crippen molar-refractivity contribution in [2.45, 2.75) is 0 Å². The first-order valence-corrected chi connectivity index (χ1v) is 6.60. The Balaban J connectivity index is 2.38. The first-order valence-electron chi connectivity index (χ1n) is 5.02. The SMILES string of the molecule is C=C[PH+](c1ccccc1)c1ccccc1. The number of hydrogen-bond acceptors (Lipinski definition) is 0. The fraction of sp³-hybridized carbons (Fsp3) is 0. The van der Waals surface area contributed by atoms with Gasteiger partial charge in [-0.15, -0.1) is 0 Å². The molecule has 0 saturated heterocycles. The van der Waals surface area contributed by atoms with Crippen LogP contribution in [-0.4, -0.2) is 0 Å². The van der Waals surface area contributed by atoms with Crippen LogP contribution in [0.2, 0.25) is 0 Å². The molecule has 2 aromatic rings. The molecule has 2 aromatic carbocycles. The van der Waals surface area contributed by atoms with Crippen LogP contribution in [-0.2, 0) is 0 Å². The highest BCUT2D eigenvalue weighted by atomic mass is 31.1. The van der Waals surface area contributed by atoms with E-state index in [0.717, 1.165) is 0 Å². The van der Waals surface area contributed by atoms with E-state index in [0.29, 0.717) is 0 Å². The minimum Gasteiger partial charge on any atom is -0.0633 e. The standard InChI is InChI=1S/C14H13P/c1-2-15(13-9-5-3-6-10-13)14-11-7-4-8-12-14/h2-12H,1H2/p+1. The van der Waals surface area contributed by atoms with Crippen molar-refractivity contribution >= 4 is 18.5 Å². The zero-order valence-corrected chi connectivity index (χ0v) is 9.56. The fourth-order valence-corrected chi connectivity index (χ4v) is 3.55. The minimum absolute atomic E-state index is 0.775. The lowest BCUT2D eigenvalue weighted by Gasteiger charge is -2.04. The van der Waals surface area contributed by atoms with E-state index in [1.807, 2.05) is 0 Å². The van der Waals surface area contributed by atoms with Crippen LogP contribution in [0.25, 0.3) is 0 Å². The van der Waals surface area contributed by atoms with E-state index < -0.39 is 7.92 Å². The molecule has 0 aliphatic carbocycles. The lowest BCUT2D eigenvalue weighted by molar-refractivity contribution is 1.75. The topological polar surface area (TPSA) is 0 Å². The molecule has 0 fully saturated rings. The first-order chi connectivity index (χ1) is 7.42. The molecule has 0 bridgehead atoms. The Morgan fingerprint density at radius 1 is 0.733 bits per heavy atom. The average molecular weight is 213 g/mol. The van der Waals surface area contributed by atoms with Gasteiger partial charge in [-0.25, -0.2) is 0 Å². The second kappa shape index (κ2) is 4.91. The Labute approximate surface area is 92.0 Å². The Morgan fingerprint density at radius 2 is 1.13 bits per heavy atom. The third kappa shape index (κ3) is 2.34. The number of rotatable bonds is 3. The predicted octanol–water partition coefficient (Wildman–Crippen LogP) is 3.00. The molecule has 1 heteroatoms. The third-order valence-electron chi connectivity index (χ3n) is 2.37. The van der Waals surface area contributed by atoms with Gasteiger partial charge >= 0.3 is 0 Å². The van der Waals surface area contributed by atoms with E-state index in [4.69, 9.17) is 0 Å². The summed E-state index contributed by atoms with van der Waals surface area (Å²) in [6.45, 7) is 3.96. The van der Waals surface area contributed by atoms with Crippen molar-refractivity contribution in [3.63, 3.8) is 0 Å². The summed E-state index contributed by atoms with van der Waals surface area (Å²) < 4.78 is 0. The van der Waals surface area contributed by atoms with Crippen molar-refractivity contribution in [2.75, 3.05) is 0 Å². The van der Waals surface area contributed by atoms with Crippen LogP contribution in [0.15, 0.2) is 73.1 Å². The van der Waals surface area contributed by atoms with Gasteiger partial charge in [0.2, 0.25) is 0 Å². The van der Waals surface area contributed by atoms with Crippen LogP contribution < -0.4 is 10.6 Å². The Morgan fingerprint density at radius 3 is 1.47 bits per heavy atom. The third-order valence-corrected chi connectivity index (χ3v) is 4.69. The molecule has 15 heavy (non-hydrogen) atoms. The molecule has 0 unspecified atom stereocenters. The molecule has 0 nitrogen and oxygen atoms in total. The Bertz CT molecular complexity index is 380. The van der Waals surface area contributed by atoms with Crippen molar-refractivity contribution in [3.8, 4) is 0 Å². The van der Waals surface area contributed by atoms with Crippen molar-refractivity contribution in [1.29, 1.82) is 0 Å². The summed E-state index contributed by atoms with van der Waals surface area (Å²) in [5.74, 6) is 2.09. The van der Waals surface area contributed by atoms with E-state index in [1.165, 1.54) is 10.6 Å². The summed E-state index contributed by atoms with van der Waals surface area (Å²) in [6, 6.07) is 21.2. The van der Waals surface area contributed by atoms with Crippen LogP contribution >= 0.6 is 7.92 Å². The monoisotopic (exact) mass is 213 g/mol. The number of hydrogen-bond donors (Lipinski definition) is 0. The highest BCUT2D eigenvalue weighted by Gasteiger charge is 2.17. The molecule has 0 aliphatic rings. The van der Waals surface area contributed by atoms with Gasteiger partial charge in [-0.05, 0) is 24.3 Å². The van der Waals surface area contributed by atoms with E-state index in [1.54, 1.807) is 0 Å². The van der Waals surface area contributed by atoms with Crippen LogP contribution in [0.1, 0.15) is 0 Å². The summed E-state index contributed by atoms with van der Waals surface area (Å²) in [5, 5.41) is 2.78. The number of benzene rings is 2. The summed E-state index contributed by atoms with van der Waals surface area (Å²) in [6.07, 6.45) is 0. The summed E-state index contributed by atoms with van der Waals surface area (Å²) in [7, 11) is -0.775. The fourth-order valence-electron chi connectivity index (χ4n) is 1.64. The molecule has 0 atom stereocenters. The van der Waals surface area contributed by atoms with Crippen LogP contribution in [0.4, 0.5) is 0 Å². The molecule has 0 amide bonds. The second-order valence-corrected chi connectivity index (χ2v) is 5.74. The highest BCUT2D eigenvalue weighted by molar-refractivity contribution is 7.75. The summed E-state index contributed by atoms with van der Waals surface area (Å²) >= 11 is 0. The van der Waals surface area contributed by atoms with Crippen LogP contribution in [0.5, 0.6) is 0 Å². The molecule has 0 aromatic heterocycles. The molecule has 74 valence electrons. The van der Waals surface area contributed by atoms with E-state index in [9.17, 15) is 0 Å². The van der Waals surface area contributed by atoms with Gasteiger partial charge in [0.25, 0.3) is 0 Å². The Kier molecular flexibility index (Phi) is 3.32. The molecule has 0 N–H and O–H groups in total. The van der Waals surface area contributed by atoms with Gasteiger partial charge in [-0.2, -0.15) is 0 Å². The minimum atomic E-state index is -0.775. The van der Waals surface area contributed by atoms with Crippen molar-refractivity contribution in [2.24, 2.45) is 0 Å². The van der Waals surface area contributed by atoms with Gasteiger partial charge in [0.15, 0.2) is 0 Å².